The summed E-state index contributed by atoms with van der Waals surface area (Å²) in [6, 6.07) is 4.63. The summed E-state index contributed by atoms with van der Waals surface area (Å²) in [7, 11) is 0. The van der Waals surface area contributed by atoms with Crippen molar-refractivity contribution in [1.82, 2.24) is 0 Å². The van der Waals surface area contributed by atoms with E-state index in [0.29, 0.717) is 22.2 Å². The first-order chi connectivity index (χ1) is 9.41. The Bertz CT molecular complexity index is 632. The lowest BCUT2D eigenvalue weighted by molar-refractivity contribution is -0.124. The number of hydrogen-bond donors (Lipinski definition) is 0. The molecule has 1 saturated heterocycles. The van der Waals surface area contributed by atoms with E-state index in [4.69, 9.17) is 23.2 Å². The van der Waals surface area contributed by atoms with Crippen LogP contribution in [-0.4, -0.2) is 11.8 Å². The molecule has 0 aromatic heterocycles. The van der Waals surface area contributed by atoms with E-state index in [1.807, 2.05) is 0 Å². The quantitative estimate of drug-likeness (QED) is 0.632. The molecule has 20 heavy (non-hydrogen) atoms. The van der Waals surface area contributed by atoms with Gasteiger partial charge in [0.2, 0.25) is 11.8 Å². The number of carbonyl (C=O) groups excluding carboxylic acids is 2. The summed E-state index contributed by atoms with van der Waals surface area (Å²) in [5.74, 6) is -0.591. The molecule has 2 atom stereocenters. The molecule has 3 nitrogen and oxygen atoms in total. The van der Waals surface area contributed by atoms with Crippen molar-refractivity contribution in [2.45, 2.75) is 6.42 Å². The molecule has 0 bridgehead atoms. The Kier molecular flexibility index (Phi) is 2.66. The molecule has 1 heterocycles. The Labute approximate surface area is 126 Å². The fourth-order valence-corrected chi connectivity index (χ4v) is 3.52. The third kappa shape index (κ3) is 1.37. The van der Waals surface area contributed by atoms with Crippen LogP contribution in [0.5, 0.6) is 0 Å². The molecule has 1 saturated carbocycles. The number of anilines is 1. The molecule has 1 aliphatic heterocycles. The smallest absolute Gasteiger partial charge is 0.245 e. The maximum absolute atomic E-state index is 12.6. The van der Waals surface area contributed by atoms with Crippen LogP contribution >= 0.6 is 23.2 Å². The number of hydrogen-bond acceptors (Lipinski definition) is 2. The molecule has 1 aromatic carbocycles. The molecule has 0 spiro atoms. The zero-order valence-electron chi connectivity index (χ0n) is 10.5. The van der Waals surface area contributed by atoms with Gasteiger partial charge in [0.1, 0.15) is 0 Å². The van der Waals surface area contributed by atoms with Gasteiger partial charge in [-0.1, -0.05) is 35.4 Å². The zero-order chi connectivity index (χ0) is 14.7. The summed E-state index contributed by atoms with van der Waals surface area (Å²) in [6.07, 6.45) is 3.53. The second kappa shape index (κ2) is 3.96. The van der Waals surface area contributed by atoms with Crippen LogP contribution in [0.1, 0.15) is 6.42 Å². The molecule has 2 aliphatic rings. The number of halogens is 2. The molecule has 2 amide bonds. The summed E-state index contributed by atoms with van der Waals surface area (Å²) in [6.45, 7) is 7.40. The van der Waals surface area contributed by atoms with Crippen LogP contribution in [0.25, 0.3) is 0 Å². The molecule has 0 radical (unpaired) electrons. The van der Waals surface area contributed by atoms with Gasteiger partial charge in [0.05, 0.1) is 16.5 Å². The lowest BCUT2D eigenvalue weighted by Gasteiger charge is -2.19. The topological polar surface area (TPSA) is 37.4 Å². The van der Waals surface area contributed by atoms with Crippen molar-refractivity contribution in [2.75, 3.05) is 4.90 Å². The fraction of sp³-hybridized carbons (Fsp3) is 0.200. The summed E-state index contributed by atoms with van der Waals surface area (Å²) in [5, 5.41) is 0.739. The zero-order valence-corrected chi connectivity index (χ0v) is 12.0. The Hall–Kier alpha value is -1.58. The first kappa shape index (κ1) is 13.4. The minimum absolute atomic E-state index is 0.296. The molecular weight excluding hydrogens is 297 g/mol. The van der Waals surface area contributed by atoms with Gasteiger partial charge in [-0.15, -0.1) is 13.2 Å². The minimum atomic E-state index is -0.860. The van der Waals surface area contributed by atoms with E-state index in [1.165, 1.54) is 0 Å². The second-order valence-corrected chi connectivity index (χ2v) is 5.97. The van der Waals surface area contributed by atoms with Crippen LogP contribution < -0.4 is 4.90 Å². The number of rotatable bonds is 3. The lowest BCUT2D eigenvalue weighted by atomic mass is 9.95. The van der Waals surface area contributed by atoms with Crippen LogP contribution in [0.15, 0.2) is 43.5 Å². The van der Waals surface area contributed by atoms with Crippen molar-refractivity contribution in [1.29, 1.82) is 0 Å². The van der Waals surface area contributed by atoms with Gasteiger partial charge in [0, 0.05) is 10.0 Å². The van der Waals surface area contributed by atoms with Crippen molar-refractivity contribution in [3.63, 3.8) is 0 Å². The number of imide groups is 1. The number of piperidine rings is 1. The number of benzene rings is 1. The first-order valence-electron chi connectivity index (χ1n) is 6.04. The van der Waals surface area contributed by atoms with E-state index in [0.717, 1.165) is 4.90 Å². The van der Waals surface area contributed by atoms with Gasteiger partial charge in [-0.05, 0) is 24.6 Å². The van der Waals surface area contributed by atoms with E-state index < -0.39 is 10.8 Å². The van der Waals surface area contributed by atoms with Gasteiger partial charge in [-0.2, -0.15) is 0 Å². The third-order valence-electron chi connectivity index (χ3n) is 4.20. The van der Waals surface area contributed by atoms with Gasteiger partial charge in [-0.25, -0.2) is 4.90 Å². The predicted molar refractivity (Wildman–Crippen MR) is 78.8 cm³/mol. The van der Waals surface area contributed by atoms with Crippen molar-refractivity contribution in [3.8, 4) is 0 Å². The molecule has 2 fully saturated rings. The van der Waals surface area contributed by atoms with Gasteiger partial charge in [0.25, 0.3) is 0 Å². The minimum Gasteiger partial charge on any atom is -0.273 e. The molecule has 1 aromatic rings. The molecule has 5 heteroatoms. The Morgan fingerprint density at radius 2 is 1.45 bits per heavy atom. The highest BCUT2D eigenvalue weighted by atomic mass is 35.5. The lowest BCUT2D eigenvalue weighted by Crippen LogP contribution is -2.35. The Balaban J connectivity index is 2.13. The second-order valence-electron chi connectivity index (χ2n) is 5.10. The van der Waals surface area contributed by atoms with E-state index in [1.54, 1.807) is 30.4 Å². The average Bonchev–Trinajstić information content (AvgIpc) is 3.04. The Morgan fingerprint density at radius 3 is 1.85 bits per heavy atom. The third-order valence-corrected chi connectivity index (χ3v) is 4.64. The van der Waals surface area contributed by atoms with Crippen LogP contribution in [0, 0.1) is 10.8 Å². The van der Waals surface area contributed by atoms with Crippen molar-refractivity contribution >= 4 is 40.7 Å². The van der Waals surface area contributed by atoms with Crippen LogP contribution in [0.4, 0.5) is 5.69 Å². The van der Waals surface area contributed by atoms with E-state index in [9.17, 15) is 9.59 Å². The van der Waals surface area contributed by atoms with E-state index in [2.05, 4.69) is 13.2 Å². The normalized spacial score (nSPS) is 31.2. The Morgan fingerprint density at radius 1 is 1.00 bits per heavy atom. The number of carbonyl (C=O) groups is 2. The fourth-order valence-electron chi connectivity index (χ4n) is 3.01. The van der Waals surface area contributed by atoms with Gasteiger partial charge in [0.15, 0.2) is 0 Å². The van der Waals surface area contributed by atoms with Crippen LogP contribution in [0.3, 0.4) is 0 Å². The number of nitrogens with zero attached hydrogens (tertiary/aromatic N) is 1. The number of amides is 2. The first-order valence-corrected chi connectivity index (χ1v) is 6.80. The van der Waals surface area contributed by atoms with E-state index in [-0.39, 0.29) is 11.8 Å². The van der Waals surface area contributed by atoms with E-state index >= 15 is 0 Å². The summed E-state index contributed by atoms with van der Waals surface area (Å²) in [5.41, 5.74) is -1.34. The van der Waals surface area contributed by atoms with Crippen molar-refractivity contribution in [2.24, 2.45) is 10.8 Å². The highest BCUT2D eigenvalue weighted by Gasteiger charge is 2.80. The van der Waals surface area contributed by atoms with Gasteiger partial charge < -0.3 is 0 Å². The highest BCUT2D eigenvalue weighted by molar-refractivity contribution is 6.36. The maximum Gasteiger partial charge on any atom is 0.245 e. The average molecular weight is 308 g/mol. The van der Waals surface area contributed by atoms with Gasteiger partial charge >= 0.3 is 0 Å². The van der Waals surface area contributed by atoms with Crippen LogP contribution in [-0.2, 0) is 9.59 Å². The largest absolute Gasteiger partial charge is 0.273 e. The molecule has 2 unspecified atom stereocenters. The maximum atomic E-state index is 12.6. The van der Waals surface area contributed by atoms with Gasteiger partial charge in [-0.3, -0.25) is 9.59 Å². The standard InChI is InChI=1S/C15H11Cl2NO2/c1-3-14-8-15(14,4-2)13(20)18(12(14)19)11-6-9(16)5-10(17)7-11/h3-7H,1-2,8H2. The molecular formula is C15H11Cl2NO2. The number of fused-ring (bicyclic) bond motifs is 1. The monoisotopic (exact) mass is 307 g/mol. The SMILES string of the molecule is C=CC12CC1(C=C)C(=O)N(c1cc(Cl)cc(Cl)c1)C2=O. The molecule has 3 rings (SSSR count). The highest BCUT2D eigenvalue weighted by Crippen LogP contribution is 2.71. The summed E-state index contributed by atoms with van der Waals surface area (Å²) < 4.78 is 0. The molecule has 0 N–H and O–H groups in total. The summed E-state index contributed by atoms with van der Waals surface area (Å²) >= 11 is 11.9. The van der Waals surface area contributed by atoms with Crippen molar-refractivity contribution in [3.05, 3.63) is 53.6 Å². The van der Waals surface area contributed by atoms with Crippen LogP contribution in [0.2, 0.25) is 10.0 Å². The molecule has 1 aliphatic carbocycles. The predicted octanol–water partition coefficient (Wildman–Crippen LogP) is 3.62. The molecule has 102 valence electrons. The summed E-state index contributed by atoms with van der Waals surface area (Å²) in [4.78, 5) is 26.3. The van der Waals surface area contributed by atoms with Crippen molar-refractivity contribution < 1.29 is 9.59 Å².